The van der Waals surface area contributed by atoms with Crippen LogP contribution in [-0.2, 0) is 27.7 Å². The molecule has 2 aromatic rings. The third kappa shape index (κ3) is 4.55. The number of aromatic nitrogens is 2. The first-order chi connectivity index (χ1) is 11.8. The van der Waals surface area contributed by atoms with Crippen LogP contribution < -0.4 is 10.0 Å². The molecule has 0 unspecified atom stereocenters. The fourth-order valence-corrected chi connectivity index (χ4v) is 4.22. The van der Waals surface area contributed by atoms with Gasteiger partial charge < -0.3 is 5.32 Å². The van der Waals surface area contributed by atoms with E-state index in [1.165, 1.54) is 0 Å². The number of hydrogen-bond acceptors (Lipinski definition) is 6. The van der Waals surface area contributed by atoms with E-state index >= 15 is 0 Å². The lowest BCUT2D eigenvalue weighted by molar-refractivity contribution is -0.118. The molecule has 2 rings (SSSR count). The number of sulfonamides is 1. The first-order valence-electron chi connectivity index (χ1n) is 8.06. The lowest BCUT2D eigenvalue weighted by Crippen LogP contribution is -2.17. The molecule has 0 radical (unpaired) electrons. The first kappa shape index (κ1) is 19.3. The number of nitrogens with zero attached hydrogens (tertiary/aromatic N) is 2. The highest BCUT2D eigenvalue weighted by molar-refractivity contribution is 7.94. The maximum atomic E-state index is 12.7. The molecule has 1 aromatic carbocycles. The Bertz CT molecular complexity index is 838. The van der Waals surface area contributed by atoms with Crippen molar-refractivity contribution < 1.29 is 13.2 Å². The monoisotopic (exact) mass is 382 g/mol. The van der Waals surface area contributed by atoms with Crippen molar-refractivity contribution in [3.8, 4) is 0 Å². The van der Waals surface area contributed by atoms with Crippen molar-refractivity contribution in [3.63, 3.8) is 0 Å². The maximum Gasteiger partial charge on any atom is 0.291 e. The SMILES string of the molecule is CCc1cccc(CC)c1NS(=O)(=O)c1nnc(NC(=O)C(C)C)s1. The molecule has 9 heteroatoms. The minimum Gasteiger partial charge on any atom is -0.300 e. The largest absolute Gasteiger partial charge is 0.300 e. The van der Waals surface area contributed by atoms with Crippen molar-refractivity contribution in [2.45, 2.75) is 44.9 Å². The van der Waals surface area contributed by atoms with Gasteiger partial charge in [-0.15, -0.1) is 10.2 Å². The van der Waals surface area contributed by atoms with Crippen LogP contribution in [0.1, 0.15) is 38.8 Å². The van der Waals surface area contributed by atoms with Crippen LogP contribution in [0.15, 0.2) is 22.5 Å². The van der Waals surface area contributed by atoms with Gasteiger partial charge in [-0.05, 0) is 24.0 Å². The first-order valence-corrected chi connectivity index (χ1v) is 10.4. The van der Waals surface area contributed by atoms with Crippen LogP contribution in [0.5, 0.6) is 0 Å². The van der Waals surface area contributed by atoms with E-state index in [9.17, 15) is 13.2 Å². The molecule has 0 saturated heterocycles. The average Bonchev–Trinajstić information content (AvgIpc) is 3.04. The number of nitrogens with one attached hydrogen (secondary N) is 2. The summed E-state index contributed by atoms with van der Waals surface area (Å²) in [6, 6.07) is 5.71. The predicted octanol–water partition coefficient (Wildman–Crippen LogP) is 3.06. The minimum atomic E-state index is -3.87. The van der Waals surface area contributed by atoms with Crippen LogP contribution in [0.4, 0.5) is 10.8 Å². The Hall–Kier alpha value is -2.00. The van der Waals surface area contributed by atoms with Crippen LogP contribution in [0.2, 0.25) is 0 Å². The number of hydrogen-bond donors (Lipinski definition) is 2. The third-order valence-corrected chi connectivity index (χ3v) is 6.18. The van der Waals surface area contributed by atoms with Gasteiger partial charge in [0, 0.05) is 5.92 Å². The Kier molecular flexibility index (Phi) is 6.12. The standard InChI is InChI=1S/C16H22N4O3S2/c1-5-11-8-7-9-12(6-2)13(11)20-25(22,23)16-19-18-15(24-16)17-14(21)10(3)4/h7-10,20H,5-6H2,1-4H3,(H,17,18,21). The molecule has 0 fully saturated rings. The summed E-state index contributed by atoms with van der Waals surface area (Å²) >= 11 is 0.827. The zero-order valence-electron chi connectivity index (χ0n) is 14.7. The van der Waals surface area contributed by atoms with E-state index in [0.717, 1.165) is 22.5 Å². The van der Waals surface area contributed by atoms with E-state index in [0.29, 0.717) is 18.5 Å². The van der Waals surface area contributed by atoms with Crippen LogP contribution in [0.3, 0.4) is 0 Å². The molecule has 0 aliphatic carbocycles. The smallest absolute Gasteiger partial charge is 0.291 e. The number of carbonyl (C=O) groups excluding carboxylic acids is 1. The highest BCUT2D eigenvalue weighted by atomic mass is 32.2. The topological polar surface area (TPSA) is 101 Å². The second-order valence-electron chi connectivity index (χ2n) is 5.78. The molecule has 2 N–H and O–H groups in total. The van der Waals surface area contributed by atoms with Gasteiger partial charge >= 0.3 is 0 Å². The molecule has 0 atom stereocenters. The number of para-hydroxylation sites is 1. The summed E-state index contributed by atoms with van der Waals surface area (Å²) in [5, 5.41) is 10.2. The lowest BCUT2D eigenvalue weighted by Gasteiger charge is -2.14. The van der Waals surface area contributed by atoms with Gasteiger partial charge in [0.25, 0.3) is 14.4 Å². The van der Waals surface area contributed by atoms with E-state index in [-0.39, 0.29) is 21.3 Å². The number of carbonyl (C=O) groups is 1. The van der Waals surface area contributed by atoms with E-state index in [2.05, 4.69) is 20.2 Å². The van der Waals surface area contributed by atoms with E-state index in [4.69, 9.17) is 0 Å². The molecule has 0 aliphatic heterocycles. The number of rotatable bonds is 7. The van der Waals surface area contributed by atoms with Gasteiger partial charge in [0.05, 0.1) is 5.69 Å². The fraction of sp³-hybridized carbons (Fsp3) is 0.438. The summed E-state index contributed by atoms with van der Waals surface area (Å²) in [4.78, 5) is 11.7. The number of aryl methyl sites for hydroxylation is 2. The van der Waals surface area contributed by atoms with Gasteiger partial charge in [-0.1, -0.05) is 57.2 Å². The summed E-state index contributed by atoms with van der Waals surface area (Å²) in [7, 11) is -3.87. The van der Waals surface area contributed by atoms with Gasteiger partial charge in [0.15, 0.2) is 0 Å². The molecule has 0 spiro atoms. The summed E-state index contributed by atoms with van der Waals surface area (Å²) in [5.41, 5.74) is 2.43. The van der Waals surface area contributed by atoms with Crippen LogP contribution in [-0.4, -0.2) is 24.5 Å². The van der Waals surface area contributed by atoms with Crippen molar-refractivity contribution in [2.24, 2.45) is 5.92 Å². The quantitative estimate of drug-likeness (QED) is 0.717. The zero-order chi connectivity index (χ0) is 18.6. The molecule has 136 valence electrons. The molecular weight excluding hydrogens is 360 g/mol. The van der Waals surface area contributed by atoms with Crippen LogP contribution >= 0.6 is 11.3 Å². The van der Waals surface area contributed by atoms with Gasteiger partial charge in [-0.2, -0.15) is 8.42 Å². The van der Waals surface area contributed by atoms with Crippen molar-refractivity contribution in [2.75, 3.05) is 10.0 Å². The van der Waals surface area contributed by atoms with Gasteiger partial charge in [-0.3, -0.25) is 9.52 Å². The van der Waals surface area contributed by atoms with Crippen LogP contribution in [0.25, 0.3) is 0 Å². The Morgan fingerprint density at radius 1 is 1.16 bits per heavy atom. The average molecular weight is 383 g/mol. The molecule has 1 amide bonds. The molecule has 7 nitrogen and oxygen atoms in total. The Labute approximate surface area is 151 Å². The van der Waals surface area contributed by atoms with Crippen molar-refractivity contribution in [3.05, 3.63) is 29.3 Å². The predicted molar refractivity (Wildman–Crippen MR) is 99.4 cm³/mol. The maximum absolute atomic E-state index is 12.7. The van der Waals surface area contributed by atoms with Crippen molar-refractivity contribution in [1.29, 1.82) is 0 Å². The van der Waals surface area contributed by atoms with Crippen molar-refractivity contribution in [1.82, 2.24) is 10.2 Å². The van der Waals surface area contributed by atoms with Gasteiger partial charge in [0.1, 0.15) is 0 Å². The Morgan fingerprint density at radius 2 is 1.76 bits per heavy atom. The van der Waals surface area contributed by atoms with E-state index in [1.54, 1.807) is 13.8 Å². The normalized spacial score (nSPS) is 11.6. The summed E-state index contributed by atoms with van der Waals surface area (Å²) in [6.07, 6.45) is 1.41. The third-order valence-electron chi connectivity index (χ3n) is 3.63. The van der Waals surface area contributed by atoms with Crippen molar-refractivity contribution >= 4 is 38.1 Å². The highest BCUT2D eigenvalue weighted by Crippen LogP contribution is 2.27. The molecule has 0 saturated carbocycles. The summed E-state index contributed by atoms with van der Waals surface area (Å²) < 4.78 is 27.8. The zero-order valence-corrected chi connectivity index (χ0v) is 16.3. The van der Waals surface area contributed by atoms with Gasteiger partial charge in [-0.25, -0.2) is 0 Å². The second-order valence-corrected chi connectivity index (χ2v) is 8.61. The molecule has 0 aliphatic rings. The van der Waals surface area contributed by atoms with Crippen LogP contribution in [0, 0.1) is 5.92 Å². The molecule has 25 heavy (non-hydrogen) atoms. The molecule has 1 heterocycles. The van der Waals surface area contributed by atoms with E-state index < -0.39 is 10.0 Å². The number of benzene rings is 1. The minimum absolute atomic E-state index is 0.165. The molecule has 0 bridgehead atoms. The molecule has 1 aromatic heterocycles. The van der Waals surface area contributed by atoms with Gasteiger partial charge in [0.2, 0.25) is 11.0 Å². The molecular formula is C16H22N4O3S2. The second kappa shape index (κ2) is 7.92. The summed E-state index contributed by atoms with van der Waals surface area (Å²) in [6.45, 7) is 7.42. The Morgan fingerprint density at radius 3 is 2.28 bits per heavy atom. The number of anilines is 2. The Balaban J connectivity index is 2.29. The lowest BCUT2D eigenvalue weighted by atomic mass is 10.0. The van der Waals surface area contributed by atoms with E-state index in [1.807, 2.05) is 32.0 Å². The highest BCUT2D eigenvalue weighted by Gasteiger charge is 2.23. The fourth-order valence-electron chi connectivity index (χ4n) is 2.17. The summed E-state index contributed by atoms with van der Waals surface area (Å²) in [5.74, 6) is -0.469. The number of amides is 1.